The average Bonchev–Trinajstić information content (AvgIpc) is 1.69. The van der Waals surface area contributed by atoms with Crippen molar-refractivity contribution < 1.29 is 0 Å². The second kappa shape index (κ2) is 5.65. The molecule has 0 bridgehead atoms. The van der Waals surface area contributed by atoms with Gasteiger partial charge in [-0.25, -0.2) is 0 Å². The second-order valence-corrected chi connectivity index (χ2v) is 1.57. The molecule has 0 atom stereocenters. The fraction of sp³-hybridized carbons (Fsp3) is 0.714. The van der Waals surface area contributed by atoms with Crippen molar-refractivity contribution in [1.29, 1.82) is 0 Å². The topological polar surface area (TPSA) is 0 Å². The van der Waals surface area contributed by atoms with Gasteiger partial charge in [0.15, 0.2) is 12.5 Å². The minimum Gasteiger partial charge on any atom is -0.0607 e. The van der Waals surface area contributed by atoms with Gasteiger partial charge in [-0.2, -0.15) is 0 Å². The van der Waals surface area contributed by atoms with Crippen LogP contribution in [0.1, 0.15) is 33.1 Å². The van der Waals surface area contributed by atoms with E-state index in [9.17, 15) is 0 Å². The van der Waals surface area contributed by atoms with E-state index in [-0.39, 0.29) is 0 Å². The summed E-state index contributed by atoms with van der Waals surface area (Å²) in [5.41, 5.74) is 0. The lowest BCUT2D eigenvalue weighted by molar-refractivity contribution is 0.931. The number of hydrogen-bond donors (Lipinski definition) is 0. The van der Waals surface area contributed by atoms with E-state index in [0.29, 0.717) is 0 Å². The number of rotatable bonds is 3. The molecule has 40 valence electrons. The summed E-state index contributed by atoms with van der Waals surface area (Å²) in [5, 5.41) is 0. The van der Waals surface area contributed by atoms with Gasteiger partial charge in [-0.3, -0.25) is 0 Å². The van der Waals surface area contributed by atoms with E-state index >= 15 is 0 Å². The lowest BCUT2D eigenvalue weighted by Crippen LogP contribution is -1.60. The lowest BCUT2D eigenvalue weighted by atomic mass is 10.3. The number of allylic oxidation sites excluding steroid dienone is 2. The Labute approximate surface area is 46.2 Å². The van der Waals surface area contributed by atoms with Gasteiger partial charge in [0.1, 0.15) is 0 Å². The minimum absolute atomic E-state index is 1.12. The maximum absolute atomic E-state index is 3.16. The molecule has 0 radical (unpaired) electrons. The summed E-state index contributed by atoms with van der Waals surface area (Å²) in [4.78, 5) is 0. The zero-order valence-corrected chi connectivity index (χ0v) is 5.20. The van der Waals surface area contributed by atoms with Gasteiger partial charge < -0.3 is 0 Å². The highest BCUT2D eigenvalue weighted by Gasteiger charge is 1.85. The van der Waals surface area contributed by atoms with Crippen LogP contribution in [0.3, 0.4) is 0 Å². The van der Waals surface area contributed by atoms with Crippen LogP contribution >= 0.6 is 0 Å². The van der Waals surface area contributed by atoms with Gasteiger partial charge in [0.25, 0.3) is 0 Å². The Morgan fingerprint density at radius 3 is 2.57 bits per heavy atom. The fourth-order valence-electron chi connectivity index (χ4n) is 0.391. The van der Waals surface area contributed by atoms with E-state index in [4.69, 9.17) is 0 Å². The Morgan fingerprint density at radius 2 is 2.14 bits per heavy atom. The SMILES string of the molecule is CCC=[C+]CCC. The molecule has 0 aromatic rings. The molecule has 0 N–H and O–H groups in total. The van der Waals surface area contributed by atoms with Crippen LogP contribution in [-0.4, -0.2) is 0 Å². The molecule has 0 unspecified atom stereocenters. The van der Waals surface area contributed by atoms with Gasteiger partial charge in [-0.1, -0.05) is 13.8 Å². The van der Waals surface area contributed by atoms with Crippen LogP contribution < -0.4 is 0 Å². The molecule has 0 amide bonds. The summed E-state index contributed by atoms with van der Waals surface area (Å²) in [6.07, 6.45) is 8.71. The Bertz CT molecular complexity index is 44.0. The molecule has 0 saturated carbocycles. The first-order chi connectivity index (χ1) is 3.41. The monoisotopic (exact) mass is 97.1 g/mol. The minimum atomic E-state index is 1.12. The molecular weight excluding hydrogens is 84.1 g/mol. The highest BCUT2D eigenvalue weighted by atomic mass is 13.7. The van der Waals surface area contributed by atoms with Crippen molar-refractivity contribution in [2.45, 2.75) is 33.1 Å². The lowest BCUT2D eigenvalue weighted by Gasteiger charge is -1.64. The van der Waals surface area contributed by atoms with Crippen molar-refractivity contribution >= 4 is 0 Å². The van der Waals surface area contributed by atoms with E-state index in [1.807, 2.05) is 0 Å². The summed E-state index contributed by atoms with van der Waals surface area (Å²) in [7, 11) is 0. The largest absolute Gasteiger partial charge is 0.217 e. The van der Waals surface area contributed by atoms with Crippen LogP contribution in [-0.2, 0) is 0 Å². The predicted molar refractivity (Wildman–Crippen MR) is 33.0 cm³/mol. The zero-order chi connectivity index (χ0) is 5.54. The molecule has 0 aromatic heterocycles. The van der Waals surface area contributed by atoms with Gasteiger partial charge in [-0.15, -0.1) is 0 Å². The van der Waals surface area contributed by atoms with Crippen LogP contribution in [0, 0.1) is 6.08 Å². The second-order valence-electron chi connectivity index (χ2n) is 1.57. The molecule has 0 spiro atoms. The molecule has 0 fully saturated rings. The maximum atomic E-state index is 3.16. The Kier molecular flexibility index (Phi) is 5.37. The third-order valence-corrected chi connectivity index (χ3v) is 0.743. The van der Waals surface area contributed by atoms with Gasteiger partial charge in [0.2, 0.25) is 6.08 Å². The molecule has 0 rings (SSSR count). The highest BCUT2D eigenvalue weighted by molar-refractivity contribution is 4.70. The fourth-order valence-corrected chi connectivity index (χ4v) is 0.391. The quantitative estimate of drug-likeness (QED) is 0.475. The van der Waals surface area contributed by atoms with Crippen LogP contribution in [0.2, 0.25) is 0 Å². The third-order valence-electron chi connectivity index (χ3n) is 0.743. The highest BCUT2D eigenvalue weighted by Crippen LogP contribution is 1.87. The summed E-state index contributed by atoms with van der Waals surface area (Å²) >= 11 is 0. The van der Waals surface area contributed by atoms with E-state index < -0.39 is 0 Å². The molecule has 0 aliphatic carbocycles. The molecule has 0 heteroatoms. The molecule has 7 heavy (non-hydrogen) atoms. The third kappa shape index (κ3) is 5.65. The first-order valence-electron chi connectivity index (χ1n) is 2.96. The predicted octanol–water partition coefficient (Wildman–Crippen LogP) is 2.56. The number of unbranched alkanes of at least 4 members (excludes halogenated alkanes) is 1. The first-order valence-corrected chi connectivity index (χ1v) is 2.96. The Hall–Kier alpha value is -0.350. The summed E-state index contributed by atoms with van der Waals surface area (Å²) in [6.45, 7) is 4.29. The zero-order valence-electron chi connectivity index (χ0n) is 5.20. The smallest absolute Gasteiger partial charge is 0.0607 e. The van der Waals surface area contributed by atoms with Gasteiger partial charge in [0.05, 0.1) is 0 Å². The van der Waals surface area contributed by atoms with Gasteiger partial charge in [-0.05, 0) is 6.42 Å². The molecule has 0 nitrogen and oxygen atoms in total. The van der Waals surface area contributed by atoms with Gasteiger partial charge in [0, 0.05) is 6.42 Å². The van der Waals surface area contributed by atoms with E-state index in [0.717, 1.165) is 12.8 Å². The summed E-state index contributed by atoms with van der Waals surface area (Å²) in [5.74, 6) is 0. The van der Waals surface area contributed by atoms with E-state index in [1.54, 1.807) is 0 Å². The molecule has 0 aliphatic heterocycles. The summed E-state index contributed by atoms with van der Waals surface area (Å²) in [6, 6.07) is 0. The Morgan fingerprint density at radius 1 is 1.43 bits per heavy atom. The molecule has 0 aromatic carbocycles. The Balaban J connectivity index is 2.78. The molecule has 0 saturated heterocycles. The van der Waals surface area contributed by atoms with Crippen molar-refractivity contribution in [1.82, 2.24) is 0 Å². The van der Waals surface area contributed by atoms with E-state index in [1.165, 1.54) is 6.42 Å². The van der Waals surface area contributed by atoms with Crippen LogP contribution in [0.4, 0.5) is 0 Å². The van der Waals surface area contributed by atoms with Crippen molar-refractivity contribution in [3.63, 3.8) is 0 Å². The van der Waals surface area contributed by atoms with E-state index in [2.05, 4.69) is 26.0 Å². The van der Waals surface area contributed by atoms with Crippen LogP contribution in [0.25, 0.3) is 0 Å². The molecule has 0 aliphatic rings. The van der Waals surface area contributed by atoms with Crippen molar-refractivity contribution in [2.24, 2.45) is 0 Å². The summed E-state index contributed by atoms with van der Waals surface area (Å²) < 4.78 is 0. The normalized spacial score (nSPS) is 9.43. The van der Waals surface area contributed by atoms with Crippen molar-refractivity contribution in [3.05, 3.63) is 12.2 Å². The first kappa shape index (κ1) is 6.65. The van der Waals surface area contributed by atoms with Gasteiger partial charge >= 0.3 is 0 Å². The molecular formula is C7H13+. The van der Waals surface area contributed by atoms with Crippen LogP contribution in [0.5, 0.6) is 0 Å². The maximum Gasteiger partial charge on any atom is 0.217 e. The standard InChI is InChI=1S/C7H13/c1-3-5-7-6-4-2/h5H,3-4,6H2,1-2H3/q+1. The number of hydrogen-bond acceptors (Lipinski definition) is 0. The average molecular weight is 97.2 g/mol. The van der Waals surface area contributed by atoms with Crippen molar-refractivity contribution in [2.75, 3.05) is 0 Å². The van der Waals surface area contributed by atoms with Crippen LogP contribution in [0.15, 0.2) is 6.08 Å². The van der Waals surface area contributed by atoms with Crippen molar-refractivity contribution in [3.8, 4) is 0 Å². The molecule has 0 heterocycles.